The molecule has 1 aromatic rings. The Labute approximate surface area is 82.6 Å². The van der Waals surface area contributed by atoms with Gasteiger partial charge in [0.2, 0.25) is 0 Å². The summed E-state index contributed by atoms with van der Waals surface area (Å²) in [6, 6.07) is 7.52. The minimum Gasteiger partial charge on any atom is -0.399 e. The van der Waals surface area contributed by atoms with E-state index in [1.165, 1.54) is 7.11 Å². The number of rotatable bonds is 3. The van der Waals surface area contributed by atoms with E-state index in [9.17, 15) is 4.79 Å². The molecule has 0 bridgehead atoms. The number of para-hydroxylation sites is 1. The molecule has 0 unspecified atom stereocenters. The third-order valence-corrected chi connectivity index (χ3v) is 1.68. The number of carbonyl (C=O) groups is 1. The van der Waals surface area contributed by atoms with Crippen LogP contribution >= 0.6 is 0 Å². The maximum absolute atomic E-state index is 11.2. The zero-order valence-electron chi connectivity index (χ0n) is 8.15. The quantitative estimate of drug-likeness (QED) is 0.583. The highest BCUT2D eigenvalue weighted by Crippen LogP contribution is 2.12. The number of carbonyl (C=O) groups excluding carboxylic acids is 1. The lowest BCUT2D eigenvalue weighted by Gasteiger charge is -2.04. The van der Waals surface area contributed by atoms with E-state index in [-0.39, 0.29) is 5.91 Å². The second-order valence-electron chi connectivity index (χ2n) is 2.72. The van der Waals surface area contributed by atoms with Gasteiger partial charge in [-0.05, 0) is 18.6 Å². The smallest absolute Gasteiger partial charge is 0.270 e. The normalized spacial score (nSPS) is 10.1. The van der Waals surface area contributed by atoms with Crippen molar-refractivity contribution in [2.24, 2.45) is 5.16 Å². The van der Waals surface area contributed by atoms with Crippen LogP contribution in [0.3, 0.4) is 0 Å². The molecule has 0 aromatic heterocycles. The first-order chi connectivity index (χ1) is 6.74. The summed E-state index contributed by atoms with van der Waals surface area (Å²) in [6.07, 6.45) is 1.09. The van der Waals surface area contributed by atoms with Gasteiger partial charge in [0.15, 0.2) is 0 Å². The molecule has 0 heterocycles. The van der Waals surface area contributed by atoms with E-state index in [4.69, 9.17) is 0 Å². The number of nitrogens with zero attached hydrogens (tertiary/aromatic N) is 1. The maximum Gasteiger partial charge on any atom is 0.270 e. The molecule has 0 aliphatic heterocycles. The Morgan fingerprint density at radius 3 is 2.86 bits per heavy atom. The van der Waals surface area contributed by atoms with Gasteiger partial charge in [0.1, 0.15) is 13.3 Å². The highest BCUT2D eigenvalue weighted by molar-refractivity contribution is 6.31. The molecule has 0 fully saturated rings. The molecule has 0 aliphatic rings. The Hall–Kier alpha value is -1.84. The molecule has 1 rings (SSSR count). The predicted molar refractivity (Wildman–Crippen MR) is 55.3 cm³/mol. The van der Waals surface area contributed by atoms with E-state index < -0.39 is 0 Å². The molecule has 0 atom stereocenters. The molecule has 74 valence electrons. The highest BCUT2D eigenvalue weighted by atomic mass is 16.6. The minimum atomic E-state index is -0.304. The van der Waals surface area contributed by atoms with Crippen LogP contribution in [0.15, 0.2) is 29.4 Å². The number of benzene rings is 1. The van der Waals surface area contributed by atoms with E-state index in [0.717, 1.165) is 17.5 Å². The van der Waals surface area contributed by atoms with E-state index >= 15 is 0 Å². The number of hydrogen-bond donors (Lipinski definition) is 1. The average Bonchev–Trinajstić information content (AvgIpc) is 2.18. The average molecular weight is 192 g/mol. The first-order valence-corrected chi connectivity index (χ1v) is 4.17. The lowest BCUT2D eigenvalue weighted by molar-refractivity contribution is -0.110. The third kappa shape index (κ3) is 2.90. The van der Waals surface area contributed by atoms with Gasteiger partial charge in [-0.25, -0.2) is 0 Å². The van der Waals surface area contributed by atoms with Crippen molar-refractivity contribution in [3.05, 3.63) is 29.8 Å². The zero-order chi connectivity index (χ0) is 10.4. The molecule has 0 saturated carbocycles. The largest absolute Gasteiger partial charge is 0.399 e. The number of amides is 1. The summed E-state index contributed by atoms with van der Waals surface area (Å²) in [5.41, 5.74) is 1.78. The third-order valence-electron chi connectivity index (χ3n) is 1.68. The molecule has 0 saturated heterocycles. The first kappa shape index (κ1) is 10.2. The van der Waals surface area contributed by atoms with Crippen LogP contribution in [-0.4, -0.2) is 19.2 Å². The fourth-order valence-corrected chi connectivity index (χ4v) is 0.979. The molecular formula is C10H12N2O2. The summed E-state index contributed by atoms with van der Waals surface area (Å²) >= 11 is 0. The number of nitrogens with one attached hydrogen (secondary N) is 1. The van der Waals surface area contributed by atoms with Crippen molar-refractivity contribution in [1.82, 2.24) is 0 Å². The van der Waals surface area contributed by atoms with Gasteiger partial charge in [-0.1, -0.05) is 23.4 Å². The van der Waals surface area contributed by atoms with Crippen molar-refractivity contribution >= 4 is 17.8 Å². The topological polar surface area (TPSA) is 50.7 Å². The van der Waals surface area contributed by atoms with Crippen molar-refractivity contribution in [2.75, 3.05) is 12.4 Å². The molecule has 1 N–H and O–H groups in total. The zero-order valence-corrected chi connectivity index (χ0v) is 8.15. The number of hydrogen-bond acceptors (Lipinski definition) is 3. The van der Waals surface area contributed by atoms with Crippen LogP contribution in [-0.2, 0) is 9.63 Å². The van der Waals surface area contributed by atoms with Crippen LogP contribution in [0.5, 0.6) is 0 Å². The molecule has 1 aromatic carbocycles. The van der Waals surface area contributed by atoms with E-state index in [0.29, 0.717) is 0 Å². The summed E-state index contributed by atoms with van der Waals surface area (Å²) in [4.78, 5) is 15.6. The summed E-state index contributed by atoms with van der Waals surface area (Å²) in [7, 11) is 1.39. The van der Waals surface area contributed by atoms with Crippen LogP contribution in [0.2, 0.25) is 0 Å². The van der Waals surface area contributed by atoms with Gasteiger partial charge < -0.3 is 10.2 Å². The number of oxime groups is 1. The van der Waals surface area contributed by atoms with Gasteiger partial charge >= 0.3 is 0 Å². The lowest BCUT2D eigenvalue weighted by atomic mass is 10.2. The lowest BCUT2D eigenvalue weighted by Crippen LogP contribution is -2.13. The van der Waals surface area contributed by atoms with Crippen molar-refractivity contribution in [2.45, 2.75) is 6.92 Å². The van der Waals surface area contributed by atoms with Crippen LogP contribution in [0, 0.1) is 6.92 Å². The molecule has 0 radical (unpaired) electrons. The van der Waals surface area contributed by atoms with Gasteiger partial charge in [0, 0.05) is 5.69 Å². The van der Waals surface area contributed by atoms with E-state index in [1.807, 2.05) is 31.2 Å². The van der Waals surface area contributed by atoms with Gasteiger partial charge in [-0.2, -0.15) is 0 Å². The fraction of sp³-hybridized carbons (Fsp3) is 0.200. The Kier molecular flexibility index (Phi) is 3.67. The second-order valence-corrected chi connectivity index (χ2v) is 2.72. The van der Waals surface area contributed by atoms with Gasteiger partial charge in [-0.15, -0.1) is 0 Å². The van der Waals surface area contributed by atoms with Gasteiger partial charge in [-0.3, -0.25) is 4.79 Å². The monoisotopic (exact) mass is 192 g/mol. The summed E-state index contributed by atoms with van der Waals surface area (Å²) in [5.74, 6) is -0.304. The summed E-state index contributed by atoms with van der Waals surface area (Å²) in [5, 5.41) is 6.04. The second kappa shape index (κ2) is 5.01. The number of aryl methyl sites for hydroxylation is 1. The minimum absolute atomic E-state index is 0.304. The van der Waals surface area contributed by atoms with Crippen molar-refractivity contribution in [1.29, 1.82) is 0 Å². The Bertz CT molecular complexity index is 348. The van der Waals surface area contributed by atoms with E-state index in [2.05, 4.69) is 15.3 Å². The van der Waals surface area contributed by atoms with Crippen molar-refractivity contribution in [3.63, 3.8) is 0 Å². The van der Waals surface area contributed by atoms with Gasteiger partial charge in [0.05, 0.1) is 0 Å². The summed E-state index contributed by atoms with van der Waals surface area (Å²) in [6.45, 7) is 1.92. The molecule has 4 heteroatoms. The SMILES string of the molecule is CON=CC(=O)Nc1ccccc1C. The van der Waals surface area contributed by atoms with Crippen LogP contribution in [0.4, 0.5) is 5.69 Å². The Morgan fingerprint density at radius 2 is 2.21 bits per heavy atom. The van der Waals surface area contributed by atoms with E-state index in [1.54, 1.807) is 0 Å². The van der Waals surface area contributed by atoms with Crippen LogP contribution in [0.1, 0.15) is 5.56 Å². The van der Waals surface area contributed by atoms with Crippen molar-refractivity contribution < 1.29 is 9.63 Å². The first-order valence-electron chi connectivity index (χ1n) is 4.17. The van der Waals surface area contributed by atoms with Crippen LogP contribution in [0.25, 0.3) is 0 Å². The standard InChI is InChI=1S/C10H12N2O2/c1-8-5-3-4-6-9(8)12-10(13)7-11-14-2/h3-7H,1-2H3,(H,12,13). The van der Waals surface area contributed by atoms with Crippen molar-refractivity contribution in [3.8, 4) is 0 Å². The Morgan fingerprint density at radius 1 is 1.50 bits per heavy atom. The maximum atomic E-state index is 11.2. The summed E-state index contributed by atoms with van der Waals surface area (Å²) < 4.78 is 0. The number of anilines is 1. The highest BCUT2D eigenvalue weighted by Gasteiger charge is 2.00. The van der Waals surface area contributed by atoms with Crippen LogP contribution < -0.4 is 5.32 Å². The molecule has 14 heavy (non-hydrogen) atoms. The molecule has 0 spiro atoms. The Balaban J connectivity index is 2.65. The molecule has 4 nitrogen and oxygen atoms in total. The fourth-order valence-electron chi connectivity index (χ4n) is 0.979. The molecular weight excluding hydrogens is 180 g/mol. The molecule has 0 aliphatic carbocycles. The van der Waals surface area contributed by atoms with Gasteiger partial charge in [0.25, 0.3) is 5.91 Å². The molecule has 1 amide bonds. The predicted octanol–water partition coefficient (Wildman–Crippen LogP) is 1.57.